The van der Waals surface area contributed by atoms with Crippen molar-refractivity contribution < 1.29 is 4.74 Å². The normalized spacial score (nSPS) is 20.7. The molecule has 0 spiro atoms. The summed E-state index contributed by atoms with van der Waals surface area (Å²) in [6.45, 7) is 11.6. The Kier molecular flexibility index (Phi) is 6.61. The zero-order valence-electron chi connectivity index (χ0n) is 21.6. The lowest BCUT2D eigenvalue weighted by molar-refractivity contribution is 0.0987. The highest BCUT2D eigenvalue weighted by atomic mass is 16.5. The van der Waals surface area contributed by atoms with Crippen LogP contribution >= 0.6 is 0 Å². The second-order valence-corrected chi connectivity index (χ2v) is 10.7. The number of nitrogens with one attached hydrogen (secondary N) is 1. The lowest BCUT2D eigenvalue weighted by Crippen LogP contribution is -2.49. The van der Waals surface area contributed by atoms with Crippen molar-refractivity contribution in [3.8, 4) is 5.75 Å². The maximum absolute atomic E-state index is 6.58. The van der Waals surface area contributed by atoms with Gasteiger partial charge < -0.3 is 15.8 Å². The number of anilines is 1. The van der Waals surface area contributed by atoms with Gasteiger partial charge in [-0.2, -0.15) is 0 Å². The van der Waals surface area contributed by atoms with Crippen LogP contribution in [-0.4, -0.2) is 36.2 Å². The number of hydrogen-bond donors (Lipinski definition) is 2. The third kappa shape index (κ3) is 4.70. The van der Waals surface area contributed by atoms with E-state index >= 15 is 0 Å². The minimum atomic E-state index is -0.230. The van der Waals surface area contributed by atoms with Crippen LogP contribution in [0.3, 0.4) is 0 Å². The van der Waals surface area contributed by atoms with Gasteiger partial charge in [-0.1, -0.05) is 60.7 Å². The van der Waals surface area contributed by atoms with Crippen LogP contribution in [0, 0.1) is 20.8 Å². The Morgan fingerprint density at radius 2 is 1.49 bits per heavy atom. The number of nitrogen functional groups attached to an aromatic ring is 1. The largest absolute Gasteiger partial charge is 0.485 e. The molecule has 1 saturated heterocycles. The van der Waals surface area contributed by atoms with Crippen molar-refractivity contribution in [2.45, 2.75) is 64.6 Å². The lowest BCUT2D eigenvalue weighted by Gasteiger charge is -2.39. The Bertz CT molecular complexity index is 1090. The quantitative estimate of drug-likeness (QED) is 0.453. The third-order valence-electron chi connectivity index (χ3n) is 8.23. The first-order chi connectivity index (χ1) is 16.9. The van der Waals surface area contributed by atoms with Crippen LogP contribution < -0.4 is 15.8 Å². The summed E-state index contributed by atoms with van der Waals surface area (Å²) in [7, 11) is 0. The van der Waals surface area contributed by atoms with E-state index in [1.807, 2.05) is 0 Å². The zero-order valence-corrected chi connectivity index (χ0v) is 21.6. The summed E-state index contributed by atoms with van der Waals surface area (Å²) in [4.78, 5) is 2.64. The van der Waals surface area contributed by atoms with Gasteiger partial charge in [-0.25, -0.2) is 0 Å². The summed E-state index contributed by atoms with van der Waals surface area (Å²) in [5, 5.41) is 3.86. The summed E-state index contributed by atoms with van der Waals surface area (Å²) >= 11 is 0. The molecule has 184 valence electrons. The number of benzene rings is 3. The second kappa shape index (κ2) is 9.67. The Morgan fingerprint density at radius 3 is 2.06 bits per heavy atom. The smallest absolute Gasteiger partial charge is 0.127 e. The standard InChI is InChI=1S/C31H39N3O/c1-21-22(2)30-27(23(3)28(21)32)19-31(4,35-30)20-33-26-15-17-34(18-16-26)29(24-11-7-5-8-12-24)25-13-9-6-10-14-25/h5-14,26,29,33H,15-20,32H2,1-4H3. The first kappa shape index (κ1) is 23.9. The van der Waals surface area contributed by atoms with E-state index in [1.54, 1.807) is 0 Å². The van der Waals surface area contributed by atoms with E-state index in [-0.39, 0.29) is 5.60 Å². The van der Waals surface area contributed by atoms with E-state index in [4.69, 9.17) is 10.5 Å². The molecule has 0 saturated carbocycles. The van der Waals surface area contributed by atoms with E-state index in [2.05, 4.69) is 98.6 Å². The first-order valence-electron chi connectivity index (χ1n) is 13.0. The molecule has 4 heteroatoms. The maximum Gasteiger partial charge on any atom is 0.127 e. The highest BCUT2D eigenvalue weighted by Gasteiger charge is 2.38. The van der Waals surface area contributed by atoms with E-state index in [1.165, 1.54) is 27.8 Å². The van der Waals surface area contributed by atoms with Crippen molar-refractivity contribution in [3.05, 3.63) is 94.0 Å². The number of ether oxygens (including phenoxy) is 1. The van der Waals surface area contributed by atoms with Crippen LogP contribution in [0.2, 0.25) is 0 Å². The topological polar surface area (TPSA) is 50.5 Å². The summed E-state index contributed by atoms with van der Waals surface area (Å²) in [5.41, 5.74) is 14.6. The van der Waals surface area contributed by atoms with Gasteiger partial charge in [0, 0.05) is 43.3 Å². The van der Waals surface area contributed by atoms with Gasteiger partial charge in [0.15, 0.2) is 0 Å². The van der Waals surface area contributed by atoms with Crippen molar-refractivity contribution >= 4 is 5.69 Å². The number of fused-ring (bicyclic) bond motifs is 1. The van der Waals surface area contributed by atoms with Gasteiger partial charge in [0.1, 0.15) is 11.4 Å². The molecular weight excluding hydrogens is 430 g/mol. The molecule has 1 fully saturated rings. The molecule has 3 aromatic carbocycles. The molecule has 0 amide bonds. The first-order valence-corrected chi connectivity index (χ1v) is 13.0. The van der Waals surface area contributed by atoms with Gasteiger partial charge in [0.05, 0.1) is 6.04 Å². The average molecular weight is 470 g/mol. The van der Waals surface area contributed by atoms with Crippen molar-refractivity contribution in [1.29, 1.82) is 0 Å². The minimum absolute atomic E-state index is 0.230. The molecule has 1 atom stereocenters. The highest BCUT2D eigenvalue weighted by Crippen LogP contribution is 2.43. The minimum Gasteiger partial charge on any atom is -0.485 e. The van der Waals surface area contributed by atoms with Gasteiger partial charge in [0.2, 0.25) is 0 Å². The lowest BCUT2D eigenvalue weighted by atomic mass is 9.91. The van der Waals surface area contributed by atoms with Crippen LogP contribution in [0.1, 0.15) is 59.2 Å². The molecule has 2 aliphatic heterocycles. The van der Waals surface area contributed by atoms with Gasteiger partial charge in [-0.3, -0.25) is 4.90 Å². The molecule has 0 aromatic heterocycles. The predicted molar refractivity (Wildman–Crippen MR) is 145 cm³/mol. The summed E-state index contributed by atoms with van der Waals surface area (Å²) in [6, 6.07) is 22.7. The molecule has 1 unspecified atom stereocenters. The molecule has 3 N–H and O–H groups in total. The number of piperidine rings is 1. The monoisotopic (exact) mass is 469 g/mol. The summed E-state index contributed by atoms with van der Waals surface area (Å²) in [5.74, 6) is 1.06. The molecule has 5 rings (SSSR count). The summed E-state index contributed by atoms with van der Waals surface area (Å²) in [6.07, 6.45) is 3.20. The van der Waals surface area contributed by atoms with Gasteiger partial charge in [-0.05, 0) is 68.4 Å². The molecule has 0 bridgehead atoms. The summed E-state index contributed by atoms with van der Waals surface area (Å²) < 4.78 is 6.58. The number of nitrogens with two attached hydrogens (primary N) is 1. The van der Waals surface area contributed by atoms with E-state index in [0.29, 0.717) is 12.1 Å². The SMILES string of the molecule is Cc1c(C)c2c(c(C)c1N)CC(C)(CNC1CCN(C(c3ccccc3)c3ccccc3)CC1)O2. The zero-order chi connectivity index (χ0) is 24.6. The van der Waals surface area contributed by atoms with E-state index < -0.39 is 0 Å². The Labute approximate surface area is 210 Å². The van der Waals surface area contributed by atoms with E-state index in [9.17, 15) is 0 Å². The predicted octanol–water partition coefficient (Wildman–Crippen LogP) is 5.73. The van der Waals surface area contributed by atoms with Crippen molar-refractivity contribution in [3.63, 3.8) is 0 Å². The third-order valence-corrected chi connectivity index (χ3v) is 8.23. The van der Waals surface area contributed by atoms with Gasteiger partial charge in [-0.15, -0.1) is 0 Å². The second-order valence-electron chi connectivity index (χ2n) is 10.7. The Morgan fingerprint density at radius 1 is 0.914 bits per heavy atom. The van der Waals surface area contributed by atoms with Crippen molar-refractivity contribution in [2.24, 2.45) is 0 Å². The van der Waals surface area contributed by atoms with Crippen LogP contribution in [-0.2, 0) is 6.42 Å². The van der Waals surface area contributed by atoms with E-state index in [0.717, 1.165) is 55.9 Å². The fourth-order valence-electron chi connectivity index (χ4n) is 5.93. The number of nitrogens with zero attached hydrogens (tertiary/aromatic N) is 1. The highest BCUT2D eigenvalue weighted by molar-refractivity contribution is 5.66. The molecule has 3 aromatic rings. The maximum atomic E-state index is 6.58. The van der Waals surface area contributed by atoms with Gasteiger partial charge >= 0.3 is 0 Å². The number of likely N-dealkylation sites (tertiary alicyclic amines) is 1. The van der Waals surface area contributed by atoms with Crippen LogP contribution in [0.25, 0.3) is 0 Å². The fraction of sp³-hybridized carbons (Fsp3) is 0.419. The molecule has 4 nitrogen and oxygen atoms in total. The van der Waals surface area contributed by atoms with Crippen molar-refractivity contribution in [1.82, 2.24) is 10.2 Å². The van der Waals surface area contributed by atoms with Crippen LogP contribution in [0.5, 0.6) is 5.75 Å². The molecule has 0 radical (unpaired) electrons. The molecule has 35 heavy (non-hydrogen) atoms. The molecular formula is C31H39N3O. The van der Waals surface area contributed by atoms with Gasteiger partial charge in [0.25, 0.3) is 0 Å². The molecule has 0 aliphatic carbocycles. The molecule has 2 heterocycles. The fourth-order valence-corrected chi connectivity index (χ4v) is 5.93. The molecule has 2 aliphatic rings. The van der Waals surface area contributed by atoms with Crippen LogP contribution in [0.4, 0.5) is 5.69 Å². The van der Waals surface area contributed by atoms with Crippen molar-refractivity contribution in [2.75, 3.05) is 25.4 Å². The van der Waals surface area contributed by atoms with Crippen LogP contribution in [0.15, 0.2) is 60.7 Å². The number of hydrogen-bond acceptors (Lipinski definition) is 4. The average Bonchev–Trinajstić information content (AvgIpc) is 3.25. The Balaban J connectivity index is 1.23. The number of rotatable bonds is 6. The Hall–Kier alpha value is -2.82.